The number of nitrogens with two attached hydrogens (primary N) is 1. The number of carbonyl (C=O) groups excluding carboxylic acids is 1. The van der Waals surface area contributed by atoms with Gasteiger partial charge in [0, 0.05) is 17.9 Å². The van der Waals surface area contributed by atoms with Crippen LogP contribution in [0.4, 0.5) is 11.4 Å². The van der Waals surface area contributed by atoms with Gasteiger partial charge >= 0.3 is 0 Å². The van der Waals surface area contributed by atoms with Crippen LogP contribution >= 0.6 is 11.3 Å². The van der Waals surface area contributed by atoms with Crippen LogP contribution in [0.1, 0.15) is 18.9 Å². The Kier molecular flexibility index (Phi) is 4.58. The van der Waals surface area contributed by atoms with E-state index in [1.54, 1.807) is 11.3 Å². The monoisotopic (exact) mass is 274 g/mol. The number of nitrogen functional groups attached to an aromatic ring is 1. The zero-order valence-electron chi connectivity index (χ0n) is 11.0. The zero-order chi connectivity index (χ0) is 13.7. The highest BCUT2D eigenvalue weighted by molar-refractivity contribution is 7.08. The molecule has 0 saturated heterocycles. The second-order valence-electron chi connectivity index (χ2n) is 4.45. The van der Waals surface area contributed by atoms with Crippen molar-refractivity contribution in [2.45, 2.75) is 19.8 Å². The summed E-state index contributed by atoms with van der Waals surface area (Å²) in [6.45, 7) is 2.80. The van der Waals surface area contributed by atoms with Gasteiger partial charge in [0.2, 0.25) is 5.91 Å². The fraction of sp³-hybridized carbons (Fsp3) is 0.267. The van der Waals surface area contributed by atoms with Gasteiger partial charge in [0.05, 0.1) is 6.42 Å². The van der Waals surface area contributed by atoms with Crippen molar-refractivity contribution in [3.63, 3.8) is 0 Å². The van der Waals surface area contributed by atoms with Crippen LogP contribution in [0.5, 0.6) is 0 Å². The Morgan fingerprint density at radius 2 is 2.00 bits per heavy atom. The van der Waals surface area contributed by atoms with E-state index in [-0.39, 0.29) is 5.91 Å². The maximum Gasteiger partial charge on any atom is 0.231 e. The van der Waals surface area contributed by atoms with Gasteiger partial charge in [-0.2, -0.15) is 11.3 Å². The predicted octanol–water partition coefficient (Wildman–Crippen LogP) is 3.32. The van der Waals surface area contributed by atoms with Crippen LogP contribution in [0.3, 0.4) is 0 Å². The van der Waals surface area contributed by atoms with Crippen LogP contribution in [0.2, 0.25) is 0 Å². The van der Waals surface area contributed by atoms with Crippen LogP contribution in [0, 0.1) is 0 Å². The molecule has 1 aromatic carbocycles. The Labute approximate surface area is 117 Å². The minimum absolute atomic E-state index is 0.130. The number of anilines is 2. The summed E-state index contributed by atoms with van der Waals surface area (Å²) in [5, 5.41) is 4.01. The van der Waals surface area contributed by atoms with E-state index in [1.807, 2.05) is 46.0 Å². The second-order valence-corrected chi connectivity index (χ2v) is 5.23. The van der Waals surface area contributed by atoms with Crippen molar-refractivity contribution in [2.75, 3.05) is 17.2 Å². The summed E-state index contributed by atoms with van der Waals surface area (Å²) in [4.78, 5) is 14.2. The number of amides is 1. The number of hydrogen-bond acceptors (Lipinski definition) is 3. The van der Waals surface area contributed by atoms with Crippen molar-refractivity contribution in [1.29, 1.82) is 0 Å². The summed E-state index contributed by atoms with van der Waals surface area (Å²) in [7, 11) is 0. The minimum Gasteiger partial charge on any atom is -0.399 e. The zero-order valence-corrected chi connectivity index (χ0v) is 11.8. The van der Waals surface area contributed by atoms with Crippen molar-refractivity contribution in [1.82, 2.24) is 0 Å². The molecule has 3 nitrogen and oxygen atoms in total. The molecule has 1 heterocycles. The molecule has 1 aromatic heterocycles. The van der Waals surface area contributed by atoms with Crippen molar-refractivity contribution in [2.24, 2.45) is 0 Å². The highest BCUT2D eigenvalue weighted by Crippen LogP contribution is 2.18. The number of benzene rings is 1. The number of nitrogens with zero attached hydrogens (tertiary/aromatic N) is 1. The van der Waals surface area contributed by atoms with E-state index >= 15 is 0 Å². The average Bonchev–Trinajstić information content (AvgIpc) is 2.90. The number of rotatable bonds is 5. The van der Waals surface area contributed by atoms with Gasteiger partial charge in [-0.1, -0.05) is 6.92 Å². The molecule has 100 valence electrons. The molecule has 19 heavy (non-hydrogen) atoms. The van der Waals surface area contributed by atoms with Gasteiger partial charge < -0.3 is 10.6 Å². The molecule has 0 aliphatic rings. The van der Waals surface area contributed by atoms with E-state index in [2.05, 4.69) is 6.92 Å². The third kappa shape index (κ3) is 3.58. The Hall–Kier alpha value is -1.81. The molecule has 0 saturated carbocycles. The molecule has 4 heteroatoms. The lowest BCUT2D eigenvalue weighted by Gasteiger charge is -2.22. The summed E-state index contributed by atoms with van der Waals surface area (Å²) < 4.78 is 0. The van der Waals surface area contributed by atoms with Crippen LogP contribution in [-0.2, 0) is 11.2 Å². The number of carbonyl (C=O) groups is 1. The highest BCUT2D eigenvalue weighted by atomic mass is 32.1. The first-order valence-electron chi connectivity index (χ1n) is 6.37. The molecule has 0 atom stereocenters. The standard InChI is InChI=1S/C15H18N2OS/c1-2-8-17(14-5-3-13(16)4-6-14)15(18)10-12-7-9-19-11-12/h3-7,9,11H,2,8,10,16H2,1H3. The topological polar surface area (TPSA) is 46.3 Å². The lowest BCUT2D eigenvalue weighted by atomic mass is 10.2. The van der Waals surface area contributed by atoms with Gasteiger partial charge in [-0.15, -0.1) is 0 Å². The Balaban J connectivity index is 2.14. The second kappa shape index (κ2) is 6.38. The van der Waals surface area contributed by atoms with Crippen LogP contribution < -0.4 is 10.6 Å². The SMILES string of the molecule is CCCN(C(=O)Cc1ccsc1)c1ccc(N)cc1. The number of thiophene rings is 1. The molecule has 0 unspecified atom stereocenters. The molecular weight excluding hydrogens is 256 g/mol. The quantitative estimate of drug-likeness (QED) is 0.850. The molecule has 0 aliphatic carbocycles. The first-order valence-corrected chi connectivity index (χ1v) is 7.32. The molecular formula is C15H18N2OS. The molecule has 2 rings (SSSR count). The van der Waals surface area contributed by atoms with Crippen molar-refractivity contribution in [3.05, 3.63) is 46.7 Å². The Morgan fingerprint density at radius 3 is 2.58 bits per heavy atom. The van der Waals surface area contributed by atoms with E-state index in [9.17, 15) is 4.79 Å². The third-order valence-corrected chi connectivity index (χ3v) is 3.62. The summed E-state index contributed by atoms with van der Waals surface area (Å²) in [5.41, 5.74) is 8.39. The van der Waals surface area contributed by atoms with Gasteiger partial charge in [0.1, 0.15) is 0 Å². The first kappa shape index (κ1) is 13.6. The largest absolute Gasteiger partial charge is 0.399 e. The average molecular weight is 274 g/mol. The summed E-state index contributed by atoms with van der Waals surface area (Å²) in [5.74, 6) is 0.130. The first-order chi connectivity index (χ1) is 9.20. The van der Waals surface area contributed by atoms with Crippen molar-refractivity contribution in [3.8, 4) is 0 Å². The molecule has 0 spiro atoms. The van der Waals surface area contributed by atoms with Gasteiger partial charge in [-0.3, -0.25) is 4.79 Å². The number of hydrogen-bond donors (Lipinski definition) is 1. The molecule has 1 amide bonds. The van der Waals surface area contributed by atoms with E-state index in [4.69, 9.17) is 5.73 Å². The van der Waals surface area contributed by atoms with E-state index in [0.29, 0.717) is 12.1 Å². The summed E-state index contributed by atoms with van der Waals surface area (Å²) >= 11 is 1.62. The highest BCUT2D eigenvalue weighted by Gasteiger charge is 2.15. The Morgan fingerprint density at radius 1 is 1.26 bits per heavy atom. The minimum atomic E-state index is 0.130. The van der Waals surface area contributed by atoms with Gasteiger partial charge in [0.15, 0.2) is 0 Å². The maximum atomic E-state index is 12.4. The van der Waals surface area contributed by atoms with E-state index in [0.717, 1.165) is 24.2 Å². The molecule has 2 aromatic rings. The molecule has 0 fully saturated rings. The lowest BCUT2D eigenvalue weighted by molar-refractivity contribution is -0.118. The lowest BCUT2D eigenvalue weighted by Crippen LogP contribution is -2.32. The van der Waals surface area contributed by atoms with Crippen LogP contribution in [0.15, 0.2) is 41.1 Å². The Bertz CT molecular complexity index is 520. The molecule has 0 radical (unpaired) electrons. The van der Waals surface area contributed by atoms with Crippen molar-refractivity contribution < 1.29 is 4.79 Å². The van der Waals surface area contributed by atoms with Gasteiger partial charge in [-0.05, 0) is 53.1 Å². The van der Waals surface area contributed by atoms with E-state index in [1.165, 1.54) is 0 Å². The van der Waals surface area contributed by atoms with Crippen LogP contribution in [-0.4, -0.2) is 12.5 Å². The fourth-order valence-electron chi connectivity index (χ4n) is 1.94. The van der Waals surface area contributed by atoms with Gasteiger partial charge in [0.25, 0.3) is 0 Å². The normalized spacial score (nSPS) is 10.4. The molecule has 0 bridgehead atoms. The maximum absolute atomic E-state index is 12.4. The third-order valence-electron chi connectivity index (χ3n) is 2.89. The molecule has 2 N–H and O–H groups in total. The summed E-state index contributed by atoms with van der Waals surface area (Å²) in [6, 6.07) is 9.45. The van der Waals surface area contributed by atoms with Crippen LogP contribution in [0.25, 0.3) is 0 Å². The molecule has 0 aliphatic heterocycles. The predicted molar refractivity (Wildman–Crippen MR) is 81.5 cm³/mol. The fourth-order valence-corrected chi connectivity index (χ4v) is 2.61. The van der Waals surface area contributed by atoms with Crippen molar-refractivity contribution >= 4 is 28.6 Å². The van der Waals surface area contributed by atoms with E-state index < -0.39 is 0 Å². The smallest absolute Gasteiger partial charge is 0.231 e. The van der Waals surface area contributed by atoms with Gasteiger partial charge in [-0.25, -0.2) is 0 Å². The summed E-state index contributed by atoms with van der Waals surface area (Å²) in [6.07, 6.45) is 1.38.